The maximum absolute atomic E-state index is 12.0. The number of rotatable bonds is 9. The van der Waals surface area contributed by atoms with Crippen LogP contribution in [0.4, 0.5) is 0 Å². The van der Waals surface area contributed by atoms with Gasteiger partial charge in [0.05, 0.1) is 6.61 Å². The highest BCUT2D eigenvalue weighted by molar-refractivity contribution is 6.36. The van der Waals surface area contributed by atoms with Crippen molar-refractivity contribution in [1.82, 2.24) is 0 Å². The van der Waals surface area contributed by atoms with Crippen molar-refractivity contribution < 1.29 is 19.5 Å². The van der Waals surface area contributed by atoms with Crippen molar-refractivity contribution in [3.8, 4) is 5.75 Å². The Kier molecular flexibility index (Phi) is 7.68. The summed E-state index contributed by atoms with van der Waals surface area (Å²) in [5.74, 6) is 0.287. The van der Waals surface area contributed by atoms with Crippen LogP contribution in [0.1, 0.15) is 36.0 Å². The minimum atomic E-state index is -0.591. The summed E-state index contributed by atoms with van der Waals surface area (Å²) >= 11 is 0. The molecule has 26 heavy (non-hydrogen) atoms. The molecule has 1 N–H and O–H groups in total. The Morgan fingerprint density at radius 2 is 1.85 bits per heavy atom. The molecule has 0 aliphatic carbocycles. The van der Waals surface area contributed by atoms with E-state index in [4.69, 9.17) is 14.7 Å². The third-order valence-electron chi connectivity index (χ3n) is 3.98. The van der Waals surface area contributed by atoms with Crippen LogP contribution < -0.4 is 4.74 Å². The molecule has 0 radical (unpaired) electrons. The Morgan fingerprint density at radius 1 is 1.08 bits per heavy atom. The maximum atomic E-state index is 12.0. The topological polar surface area (TPSA) is 68.1 Å². The highest BCUT2D eigenvalue weighted by Gasteiger charge is 2.14. The van der Waals surface area contributed by atoms with Gasteiger partial charge in [-0.15, -0.1) is 0 Å². The first-order valence-electron chi connectivity index (χ1n) is 8.72. The van der Waals surface area contributed by atoms with Gasteiger partial charge in [-0.05, 0) is 49.4 Å². The summed E-state index contributed by atoms with van der Waals surface area (Å²) in [7, 11) is 0. The van der Waals surface area contributed by atoms with E-state index in [1.54, 1.807) is 0 Å². The van der Waals surface area contributed by atoms with Gasteiger partial charge in [0.25, 0.3) is 0 Å². The molecule has 0 heterocycles. The molecule has 0 unspecified atom stereocenters. The smallest absolute Gasteiger partial charge is 0.356 e. The highest BCUT2D eigenvalue weighted by atomic mass is 16.5. The van der Waals surface area contributed by atoms with Gasteiger partial charge in [0, 0.05) is 6.42 Å². The molecular weight excluding hydrogens is 330 g/mol. The van der Waals surface area contributed by atoms with Gasteiger partial charge in [-0.3, -0.25) is 0 Å². The molecule has 0 amide bonds. The van der Waals surface area contributed by atoms with Crippen LogP contribution in [0.25, 0.3) is 0 Å². The van der Waals surface area contributed by atoms with Crippen LogP contribution in [0.15, 0.2) is 53.7 Å². The molecule has 5 nitrogen and oxygen atoms in total. The Hall–Kier alpha value is -2.82. The molecule has 138 valence electrons. The highest BCUT2D eigenvalue weighted by Crippen LogP contribution is 2.19. The number of nitrogens with zero attached hydrogens (tertiary/aromatic N) is 1. The first kappa shape index (κ1) is 19.5. The standard InChI is InChI=1S/C21H25NO4/c1-16-11-12-17(2)20(14-16)25-13-7-6-10-19(22-24)21(23)26-15-18-8-4-3-5-9-18/h3-5,8-9,11-12,14,24H,6-7,10,13,15H2,1-2H3. The normalized spacial score (nSPS) is 11.2. The number of carbonyl (C=O) groups excluding carboxylic acids is 1. The fourth-order valence-corrected chi connectivity index (χ4v) is 2.44. The lowest BCUT2D eigenvalue weighted by Gasteiger charge is -2.10. The van der Waals surface area contributed by atoms with Crippen LogP contribution >= 0.6 is 0 Å². The second-order valence-electron chi connectivity index (χ2n) is 6.18. The second-order valence-corrected chi connectivity index (χ2v) is 6.18. The molecule has 0 fully saturated rings. The predicted molar refractivity (Wildman–Crippen MR) is 101 cm³/mol. The maximum Gasteiger partial charge on any atom is 0.356 e. The van der Waals surface area contributed by atoms with Gasteiger partial charge in [0.2, 0.25) is 0 Å². The first-order chi connectivity index (χ1) is 12.6. The number of aryl methyl sites for hydroxylation is 2. The Labute approximate surface area is 154 Å². The van der Waals surface area contributed by atoms with E-state index in [1.807, 2.05) is 62.4 Å². The van der Waals surface area contributed by atoms with E-state index in [-0.39, 0.29) is 12.3 Å². The van der Waals surface area contributed by atoms with E-state index in [0.717, 1.165) is 28.9 Å². The zero-order valence-electron chi connectivity index (χ0n) is 15.3. The second kappa shape index (κ2) is 10.2. The summed E-state index contributed by atoms with van der Waals surface area (Å²) in [5, 5.41) is 12.1. The van der Waals surface area contributed by atoms with Gasteiger partial charge < -0.3 is 14.7 Å². The third kappa shape index (κ3) is 6.24. The molecular formula is C21H25NO4. The fourth-order valence-electron chi connectivity index (χ4n) is 2.44. The summed E-state index contributed by atoms with van der Waals surface area (Å²) in [4.78, 5) is 12.0. The van der Waals surface area contributed by atoms with Gasteiger partial charge in [0.15, 0.2) is 5.71 Å². The SMILES string of the molecule is Cc1ccc(C)c(OCCCCC(=NO)C(=O)OCc2ccccc2)c1. The van der Waals surface area contributed by atoms with Crippen molar-refractivity contribution >= 4 is 11.7 Å². The molecule has 0 bridgehead atoms. The van der Waals surface area contributed by atoms with Crippen LogP contribution in [-0.2, 0) is 16.1 Å². The van der Waals surface area contributed by atoms with E-state index in [1.165, 1.54) is 0 Å². The summed E-state index contributed by atoms with van der Waals surface area (Å²) in [6.45, 7) is 4.74. The number of benzene rings is 2. The monoisotopic (exact) mass is 355 g/mol. The van der Waals surface area contributed by atoms with Gasteiger partial charge >= 0.3 is 5.97 Å². The molecule has 2 aromatic rings. The van der Waals surface area contributed by atoms with Gasteiger partial charge in [-0.1, -0.05) is 47.6 Å². The quantitative estimate of drug-likeness (QED) is 0.238. The van der Waals surface area contributed by atoms with Crippen LogP contribution in [0, 0.1) is 13.8 Å². The molecule has 0 aliphatic rings. The van der Waals surface area contributed by atoms with Gasteiger partial charge in [-0.2, -0.15) is 0 Å². The number of hydrogen-bond donors (Lipinski definition) is 1. The third-order valence-corrected chi connectivity index (χ3v) is 3.98. The average Bonchev–Trinajstić information content (AvgIpc) is 2.66. The molecule has 0 aliphatic heterocycles. The average molecular weight is 355 g/mol. The fraction of sp³-hybridized carbons (Fsp3) is 0.333. The zero-order valence-corrected chi connectivity index (χ0v) is 15.3. The summed E-state index contributed by atoms with van der Waals surface area (Å²) in [6.07, 6.45) is 1.77. The number of ether oxygens (including phenoxy) is 2. The molecule has 0 atom stereocenters. The lowest BCUT2D eigenvalue weighted by Crippen LogP contribution is -2.18. The van der Waals surface area contributed by atoms with Crippen molar-refractivity contribution in [2.45, 2.75) is 39.7 Å². The van der Waals surface area contributed by atoms with Gasteiger partial charge in [-0.25, -0.2) is 4.79 Å². The lowest BCUT2D eigenvalue weighted by atomic mass is 10.1. The van der Waals surface area contributed by atoms with E-state index >= 15 is 0 Å². The Morgan fingerprint density at radius 3 is 2.58 bits per heavy atom. The molecule has 2 rings (SSSR count). The van der Waals surface area contributed by atoms with E-state index in [9.17, 15) is 4.79 Å². The summed E-state index contributed by atoms with van der Waals surface area (Å²) in [5.41, 5.74) is 3.17. The molecule has 0 saturated carbocycles. The molecule has 0 aromatic heterocycles. The lowest BCUT2D eigenvalue weighted by molar-refractivity contribution is -0.137. The summed E-state index contributed by atoms with van der Waals surface area (Å²) in [6, 6.07) is 15.5. The Balaban J connectivity index is 1.69. The van der Waals surface area contributed by atoms with Crippen molar-refractivity contribution in [2.75, 3.05) is 6.61 Å². The number of unbranched alkanes of at least 4 members (excludes halogenated alkanes) is 1. The van der Waals surface area contributed by atoms with E-state index < -0.39 is 5.97 Å². The zero-order chi connectivity index (χ0) is 18.8. The number of hydrogen-bond acceptors (Lipinski definition) is 5. The number of esters is 1. The molecule has 0 saturated heterocycles. The van der Waals surface area contributed by atoms with Crippen LogP contribution in [-0.4, -0.2) is 23.5 Å². The number of oxime groups is 1. The first-order valence-corrected chi connectivity index (χ1v) is 8.72. The number of carbonyl (C=O) groups is 1. The molecule has 2 aromatic carbocycles. The molecule has 0 spiro atoms. The minimum Gasteiger partial charge on any atom is -0.493 e. The van der Waals surface area contributed by atoms with Crippen molar-refractivity contribution in [3.63, 3.8) is 0 Å². The van der Waals surface area contributed by atoms with E-state index in [0.29, 0.717) is 19.4 Å². The van der Waals surface area contributed by atoms with Crippen molar-refractivity contribution in [3.05, 3.63) is 65.2 Å². The van der Waals surface area contributed by atoms with Crippen LogP contribution in [0.2, 0.25) is 0 Å². The van der Waals surface area contributed by atoms with E-state index in [2.05, 4.69) is 5.16 Å². The largest absolute Gasteiger partial charge is 0.493 e. The minimum absolute atomic E-state index is 0.0349. The molecule has 5 heteroatoms. The van der Waals surface area contributed by atoms with Crippen molar-refractivity contribution in [1.29, 1.82) is 0 Å². The van der Waals surface area contributed by atoms with Crippen molar-refractivity contribution in [2.24, 2.45) is 5.16 Å². The predicted octanol–water partition coefficient (Wildman–Crippen LogP) is 4.43. The van der Waals surface area contributed by atoms with Crippen LogP contribution in [0.5, 0.6) is 5.75 Å². The van der Waals surface area contributed by atoms with Crippen LogP contribution in [0.3, 0.4) is 0 Å². The summed E-state index contributed by atoms with van der Waals surface area (Å²) < 4.78 is 11.0. The Bertz CT molecular complexity index is 741. The van der Waals surface area contributed by atoms with Gasteiger partial charge in [0.1, 0.15) is 12.4 Å².